The van der Waals surface area contributed by atoms with Crippen LogP contribution in [-0.2, 0) is 30.6 Å². The topological polar surface area (TPSA) is 312 Å². The molecular formula is C31H30N11NaO10S3. The van der Waals surface area contributed by atoms with E-state index in [9.17, 15) is 44.4 Å². The molecule has 1 saturated heterocycles. The Bertz CT molecular complexity index is 2310. The summed E-state index contributed by atoms with van der Waals surface area (Å²) in [5, 5.41) is 53.0. The zero-order chi connectivity index (χ0) is 39.8. The molecule has 3 aromatic heterocycles. The molecule has 1 unspecified atom stereocenters. The fourth-order valence-electron chi connectivity index (χ4n) is 5.13. The van der Waals surface area contributed by atoms with E-state index in [1.54, 1.807) is 13.0 Å². The Morgan fingerprint density at radius 2 is 1.89 bits per heavy atom. The zero-order valence-electron chi connectivity index (χ0n) is 29.8. The van der Waals surface area contributed by atoms with Gasteiger partial charge in [0.2, 0.25) is 5.60 Å². The number of aliphatic hydroxyl groups excluding tert-OH is 1. The van der Waals surface area contributed by atoms with Gasteiger partial charge in [-0.05, 0) is 50.6 Å². The summed E-state index contributed by atoms with van der Waals surface area (Å²) in [6, 6.07) is 3.67. The molecule has 4 aromatic rings. The number of β-lactam (4-membered cyclic amide) rings is 1. The molecule has 21 nitrogen and oxygen atoms in total. The molecule has 0 spiro atoms. The number of rotatable bonds is 12. The van der Waals surface area contributed by atoms with Crippen LogP contribution in [0.3, 0.4) is 0 Å². The van der Waals surface area contributed by atoms with Crippen molar-refractivity contribution in [3.8, 4) is 11.5 Å². The molecule has 56 heavy (non-hydrogen) atoms. The van der Waals surface area contributed by atoms with Crippen LogP contribution in [0.4, 0.5) is 5.13 Å². The van der Waals surface area contributed by atoms with Gasteiger partial charge in [-0.2, -0.15) is 9.50 Å². The molecule has 2 aliphatic heterocycles. The number of carbonyl (C=O) groups excluding carboxylic acids is 5. The second-order valence-electron chi connectivity index (χ2n) is 12.2. The third-order valence-corrected chi connectivity index (χ3v) is 11.0. The smallest absolute Gasteiger partial charge is 0.543 e. The Morgan fingerprint density at radius 3 is 2.55 bits per heavy atom. The second-order valence-corrected chi connectivity index (χ2v) is 15.2. The predicted molar refractivity (Wildman–Crippen MR) is 193 cm³/mol. The number of benzene rings is 1. The number of aromatic hydroxyl groups is 2. The summed E-state index contributed by atoms with van der Waals surface area (Å²) in [5.41, 5.74) is 8.01. The molecule has 0 radical (unpaired) electrons. The molecule has 4 amide bonds. The summed E-state index contributed by atoms with van der Waals surface area (Å²) >= 11 is 3.39. The number of carboxylic acid groups (broad SMARTS) is 1. The summed E-state index contributed by atoms with van der Waals surface area (Å²) in [6.45, 7) is 3.88. The van der Waals surface area contributed by atoms with Crippen LogP contribution in [0.1, 0.15) is 41.4 Å². The Hall–Kier alpha value is -4.98. The number of thiazole rings is 1. The third-order valence-electron chi connectivity index (χ3n) is 7.94. The number of nitrogens with one attached hydrogen (secondary N) is 3. The number of hydrogen-bond donors (Lipinski definition) is 7. The van der Waals surface area contributed by atoms with Crippen LogP contribution < -0.4 is 56.6 Å². The van der Waals surface area contributed by atoms with Crippen molar-refractivity contribution >= 4 is 81.1 Å². The number of amides is 4. The number of aliphatic carboxylic acids is 1. The molecule has 5 heterocycles. The van der Waals surface area contributed by atoms with Gasteiger partial charge in [-0.15, -0.1) is 40.0 Å². The fraction of sp³-hybridized carbons (Fsp3) is 0.290. The Kier molecular flexibility index (Phi) is 12.8. The number of hydrazine groups is 1. The monoisotopic (exact) mass is 835 g/mol. The van der Waals surface area contributed by atoms with Gasteiger partial charge in [0.15, 0.2) is 22.3 Å². The molecule has 0 saturated carbocycles. The van der Waals surface area contributed by atoms with Gasteiger partial charge in [0.05, 0.1) is 24.0 Å². The SMILES string of the molecule is Cc1nc2nc(CO)cc(SCC3=C(C(=O)[O-])N4C(=O)C(NC(=O)C(=NOC(C)(C)C(=O)NNC(=O)c5ccc(O)c(O)c5)c5csc(N)n5)[C@H]4SC3)n2n1.[Na+]. The number of nitrogens with zero attached hydrogens (tertiary/aromatic N) is 7. The summed E-state index contributed by atoms with van der Waals surface area (Å²) < 4.78 is 1.47. The van der Waals surface area contributed by atoms with Gasteiger partial charge in [0, 0.05) is 22.4 Å². The molecule has 0 aliphatic carbocycles. The number of carbonyl (C=O) groups is 5. The maximum Gasteiger partial charge on any atom is 1.00 e. The minimum Gasteiger partial charge on any atom is -0.543 e. The average molecular weight is 836 g/mol. The number of anilines is 1. The van der Waals surface area contributed by atoms with Crippen molar-refractivity contribution in [2.24, 2.45) is 5.16 Å². The van der Waals surface area contributed by atoms with Crippen molar-refractivity contribution in [2.45, 2.75) is 49.4 Å². The van der Waals surface area contributed by atoms with E-state index in [1.165, 1.54) is 53.3 Å². The number of carboxylic acids is 1. The minimum atomic E-state index is -1.82. The van der Waals surface area contributed by atoms with E-state index >= 15 is 0 Å². The van der Waals surface area contributed by atoms with Crippen LogP contribution in [0.5, 0.6) is 11.5 Å². The van der Waals surface area contributed by atoms with E-state index < -0.39 is 63.8 Å². The van der Waals surface area contributed by atoms with Crippen molar-refractivity contribution in [2.75, 3.05) is 17.2 Å². The van der Waals surface area contributed by atoms with Crippen LogP contribution in [-0.4, -0.2) is 109 Å². The summed E-state index contributed by atoms with van der Waals surface area (Å²) in [4.78, 5) is 83.8. The van der Waals surface area contributed by atoms with Crippen LogP contribution >= 0.6 is 34.9 Å². The van der Waals surface area contributed by atoms with E-state index in [0.717, 1.165) is 28.4 Å². The van der Waals surface area contributed by atoms with Crippen molar-refractivity contribution < 1.29 is 78.8 Å². The van der Waals surface area contributed by atoms with E-state index in [0.29, 0.717) is 22.1 Å². The van der Waals surface area contributed by atoms with Crippen molar-refractivity contribution in [3.63, 3.8) is 0 Å². The van der Waals surface area contributed by atoms with Crippen LogP contribution in [0.2, 0.25) is 0 Å². The predicted octanol–water partition coefficient (Wildman–Crippen LogP) is -4.46. The first-order valence-corrected chi connectivity index (χ1v) is 18.8. The Morgan fingerprint density at radius 1 is 1.14 bits per heavy atom. The molecule has 0 bridgehead atoms. The van der Waals surface area contributed by atoms with Gasteiger partial charge in [-0.3, -0.25) is 34.9 Å². The number of oxime groups is 1. The standard InChI is InChI=1S/C31H31N11O10S3.Na/c1-12-33-30-34-15(8-43)7-19(42(30)39-12)53-9-14-10-54-26-21(25(48)41(26)22(14)27(49)50)36-24(47)20(16-11-55-29(32)35-16)40-52-31(2,3)28(51)38-37-23(46)13-4-5-17(44)18(45)6-13;/h4-7,11,21,26,43-45H,8-10H2,1-3H3,(H2,32,35)(H,36,47)(H,37,46)(H,38,51)(H,49,50);/q;+1/p-1/t21?,26-;/m1./s1. The average Bonchev–Trinajstić information content (AvgIpc) is 3.76. The first-order valence-electron chi connectivity index (χ1n) is 15.8. The van der Waals surface area contributed by atoms with Crippen molar-refractivity contribution in [3.05, 3.63) is 63.7 Å². The van der Waals surface area contributed by atoms with E-state index in [1.807, 2.05) is 0 Å². The molecule has 6 rings (SSSR count). The first kappa shape index (κ1) is 42.2. The van der Waals surface area contributed by atoms with E-state index in [-0.39, 0.29) is 75.5 Å². The summed E-state index contributed by atoms with van der Waals surface area (Å²) in [7, 11) is 0. The minimum absolute atomic E-state index is 0. The number of phenols is 2. The molecule has 1 fully saturated rings. The summed E-state index contributed by atoms with van der Waals surface area (Å²) in [5.74, 6) is -5.05. The maximum absolute atomic E-state index is 13.6. The summed E-state index contributed by atoms with van der Waals surface area (Å²) in [6.07, 6.45) is 0. The van der Waals surface area contributed by atoms with Gasteiger partial charge < -0.3 is 41.1 Å². The Labute approximate surface area is 350 Å². The van der Waals surface area contributed by atoms with Gasteiger partial charge >= 0.3 is 29.6 Å². The van der Waals surface area contributed by atoms with Crippen LogP contribution in [0.15, 0.2) is 51.1 Å². The quantitative estimate of drug-likeness (QED) is 0.0135. The van der Waals surface area contributed by atoms with E-state index in [2.05, 4.69) is 41.4 Å². The molecule has 1 aromatic carbocycles. The number of nitrogens with two attached hydrogens (primary N) is 1. The molecular weight excluding hydrogens is 806 g/mol. The van der Waals surface area contributed by atoms with Gasteiger partial charge in [0.1, 0.15) is 28.0 Å². The number of thioether (sulfide) groups is 2. The van der Waals surface area contributed by atoms with Crippen molar-refractivity contribution in [1.82, 2.24) is 45.6 Å². The molecule has 25 heteroatoms. The molecule has 2 atom stereocenters. The largest absolute Gasteiger partial charge is 1.00 e. The molecule has 288 valence electrons. The first-order chi connectivity index (χ1) is 26.1. The van der Waals surface area contributed by atoms with E-state index in [4.69, 9.17) is 10.6 Å². The fourth-order valence-corrected chi connectivity index (χ4v) is 8.18. The third kappa shape index (κ3) is 8.69. The number of aliphatic hydroxyl groups is 1. The number of aryl methyl sites for hydroxylation is 1. The van der Waals surface area contributed by atoms with Gasteiger partial charge in [-0.1, -0.05) is 5.16 Å². The number of phenolic OH excluding ortho intramolecular Hbond substituents is 2. The number of hydrogen-bond acceptors (Lipinski definition) is 19. The second kappa shape index (κ2) is 17.0. The number of nitrogen functional groups attached to an aromatic ring is 1. The van der Waals surface area contributed by atoms with Crippen LogP contribution in [0, 0.1) is 6.92 Å². The van der Waals surface area contributed by atoms with Crippen LogP contribution in [0.25, 0.3) is 5.78 Å². The molecule has 8 N–H and O–H groups in total. The zero-order valence-corrected chi connectivity index (χ0v) is 34.2. The normalized spacial score (nSPS) is 16.8. The molecule has 2 aliphatic rings. The van der Waals surface area contributed by atoms with Gasteiger partial charge in [-0.25, -0.2) is 9.97 Å². The maximum atomic E-state index is 13.6. The van der Waals surface area contributed by atoms with Crippen molar-refractivity contribution in [1.29, 1.82) is 0 Å². The Balaban J connectivity index is 0.00000600. The number of fused-ring (bicyclic) bond motifs is 2. The van der Waals surface area contributed by atoms with Gasteiger partial charge in [0.25, 0.3) is 29.4 Å². The number of aromatic nitrogens is 5.